The van der Waals surface area contributed by atoms with Crippen LogP contribution in [0.25, 0.3) is 0 Å². The van der Waals surface area contributed by atoms with Gasteiger partial charge in [-0.1, -0.05) is 0 Å². The maximum absolute atomic E-state index is 13.4. The summed E-state index contributed by atoms with van der Waals surface area (Å²) >= 11 is 0. The number of hydrogen-bond donors (Lipinski definition) is 0. The molecule has 1 fully saturated rings. The number of ether oxygens (including phenoxy) is 1. The maximum Gasteiger partial charge on any atom is 0.243 e. The minimum absolute atomic E-state index is 0.172. The summed E-state index contributed by atoms with van der Waals surface area (Å²) in [6.45, 7) is 2.86. The van der Waals surface area contributed by atoms with Crippen molar-refractivity contribution in [3.8, 4) is 5.88 Å². The normalized spacial score (nSPS) is 15.9. The Morgan fingerprint density at radius 3 is 2.19 bits per heavy atom. The average molecular weight is 384 g/mol. The van der Waals surface area contributed by atoms with E-state index in [2.05, 4.69) is 9.97 Å². The second kappa shape index (κ2) is 7.12. The lowest BCUT2D eigenvalue weighted by Gasteiger charge is -2.34. The topological polar surface area (TPSA) is 75.6 Å². The van der Waals surface area contributed by atoms with E-state index in [0.717, 1.165) is 12.1 Å². The number of anilines is 1. The van der Waals surface area contributed by atoms with Crippen molar-refractivity contribution in [2.45, 2.75) is 11.8 Å². The lowest BCUT2D eigenvalue weighted by Crippen LogP contribution is -2.49. The number of nitrogens with zero attached hydrogens (tertiary/aromatic N) is 4. The van der Waals surface area contributed by atoms with Crippen LogP contribution in [0.15, 0.2) is 29.2 Å². The van der Waals surface area contributed by atoms with Gasteiger partial charge in [-0.15, -0.1) is 0 Å². The van der Waals surface area contributed by atoms with Crippen LogP contribution in [0.5, 0.6) is 5.88 Å². The number of hydrogen-bond acceptors (Lipinski definition) is 6. The molecule has 0 spiro atoms. The first kappa shape index (κ1) is 18.5. The Morgan fingerprint density at radius 1 is 1.00 bits per heavy atom. The van der Waals surface area contributed by atoms with Crippen LogP contribution in [-0.4, -0.2) is 56.0 Å². The van der Waals surface area contributed by atoms with Gasteiger partial charge in [0.05, 0.1) is 12.0 Å². The van der Waals surface area contributed by atoms with E-state index in [9.17, 15) is 17.2 Å². The van der Waals surface area contributed by atoms with Gasteiger partial charge in [-0.2, -0.15) is 9.29 Å². The van der Waals surface area contributed by atoms with Crippen LogP contribution in [0.2, 0.25) is 0 Å². The maximum atomic E-state index is 13.4. The van der Waals surface area contributed by atoms with Gasteiger partial charge in [0, 0.05) is 38.3 Å². The smallest absolute Gasteiger partial charge is 0.243 e. The van der Waals surface area contributed by atoms with Gasteiger partial charge in [0.2, 0.25) is 15.9 Å². The predicted octanol–water partition coefficient (Wildman–Crippen LogP) is 1.58. The molecule has 1 aromatic heterocycles. The molecule has 26 heavy (non-hydrogen) atoms. The third kappa shape index (κ3) is 3.75. The monoisotopic (exact) mass is 384 g/mol. The summed E-state index contributed by atoms with van der Waals surface area (Å²) in [6.07, 6.45) is 0. The molecule has 1 aromatic carbocycles. The molecule has 140 valence electrons. The number of benzene rings is 1. The number of methoxy groups -OCH3 is 1. The standard InChI is InChI=1S/C16H18F2N4O3S/c1-11-19-15(10-16(20-11)25-2)21-3-5-22(6-4-21)26(23,24)14-8-12(17)7-13(18)9-14/h7-10H,3-6H2,1-2H3. The molecule has 1 aliphatic rings. The van der Waals surface area contributed by atoms with Crippen LogP contribution >= 0.6 is 0 Å². The molecule has 0 radical (unpaired) electrons. The molecule has 1 saturated heterocycles. The van der Waals surface area contributed by atoms with E-state index in [1.165, 1.54) is 11.4 Å². The lowest BCUT2D eigenvalue weighted by atomic mass is 10.3. The Hall–Kier alpha value is -2.33. The zero-order valence-corrected chi connectivity index (χ0v) is 15.1. The Labute approximate surface area is 150 Å². The van der Waals surface area contributed by atoms with Gasteiger partial charge in [0.15, 0.2) is 0 Å². The van der Waals surface area contributed by atoms with Crippen molar-refractivity contribution in [1.82, 2.24) is 14.3 Å². The van der Waals surface area contributed by atoms with E-state index < -0.39 is 21.7 Å². The summed E-state index contributed by atoms with van der Waals surface area (Å²) in [5, 5.41) is 0. The van der Waals surface area contributed by atoms with E-state index in [4.69, 9.17) is 4.74 Å². The number of aromatic nitrogens is 2. The van der Waals surface area contributed by atoms with Crippen LogP contribution < -0.4 is 9.64 Å². The molecule has 0 unspecified atom stereocenters. The number of piperazine rings is 1. The molecule has 0 aliphatic carbocycles. The molecule has 2 aromatic rings. The fourth-order valence-corrected chi connectivity index (χ4v) is 4.24. The van der Waals surface area contributed by atoms with Gasteiger partial charge >= 0.3 is 0 Å². The molecule has 0 amide bonds. The number of sulfonamides is 1. The van der Waals surface area contributed by atoms with Crippen LogP contribution in [0, 0.1) is 18.6 Å². The minimum atomic E-state index is -3.96. The summed E-state index contributed by atoms with van der Waals surface area (Å²) < 4.78 is 58.3. The van der Waals surface area contributed by atoms with Crippen LogP contribution in [0.1, 0.15) is 5.82 Å². The molecular weight excluding hydrogens is 366 g/mol. The van der Waals surface area contributed by atoms with Gasteiger partial charge in [0.25, 0.3) is 0 Å². The van der Waals surface area contributed by atoms with Crippen LogP contribution in [0.4, 0.5) is 14.6 Å². The number of aryl methyl sites for hydroxylation is 1. The predicted molar refractivity (Wildman–Crippen MR) is 90.7 cm³/mol. The van der Waals surface area contributed by atoms with Crippen LogP contribution in [0.3, 0.4) is 0 Å². The first-order valence-corrected chi connectivity index (χ1v) is 9.34. The molecule has 0 bridgehead atoms. The van der Waals surface area contributed by atoms with Crippen molar-refractivity contribution in [2.75, 3.05) is 38.2 Å². The van der Waals surface area contributed by atoms with Gasteiger partial charge in [-0.3, -0.25) is 0 Å². The molecular formula is C16H18F2N4O3S. The molecule has 1 aliphatic heterocycles. The highest BCUT2D eigenvalue weighted by Gasteiger charge is 2.30. The number of rotatable bonds is 4. The van der Waals surface area contributed by atoms with Crippen molar-refractivity contribution in [1.29, 1.82) is 0 Å². The van der Waals surface area contributed by atoms with E-state index in [0.29, 0.717) is 36.7 Å². The van der Waals surface area contributed by atoms with Crippen molar-refractivity contribution in [2.24, 2.45) is 0 Å². The highest BCUT2D eigenvalue weighted by Crippen LogP contribution is 2.23. The SMILES string of the molecule is COc1cc(N2CCN(S(=O)(=O)c3cc(F)cc(F)c3)CC2)nc(C)n1. The molecule has 0 saturated carbocycles. The second-order valence-corrected chi connectivity index (χ2v) is 7.75. The fraction of sp³-hybridized carbons (Fsp3) is 0.375. The van der Waals surface area contributed by atoms with Gasteiger partial charge in [0.1, 0.15) is 23.3 Å². The molecule has 10 heteroatoms. The summed E-state index contributed by atoms with van der Waals surface area (Å²) in [4.78, 5) is 9.99. The van der Waals surface area contributed by atoms with Crippen molar-refractivity contribution < 1.29 is 21.9 Å². The minimum Gasteiger partial charge on any atom is -0.481 e. The first-order valence-electron chi connectivity index (χ1n) is 7.90. The van der Waals surface area contributed by atoms with E-state index >= 15 is 0 Å². The molecule has 3 rings (SSSR count). The Bertz CT molecular complexity index is 895. The van der Waals surface area contributed by atoms with Gasteiger partial charge in [-0.05, 0) is 19.1 Å². The summed E-state index contributed by atoms with van der Waals surface area (Å²) in [5.74, 6) is -0.234. The van der Waals surface area contributed by atoms with E-state index in [-0.39, 0.29) is 18.0 Å². The second-order valence-electron chi connectivity index (χ2n) is 5.81. The Balaban J connectivity index is 1.76. The lowest BCUT2D eigenvalue weighted by molar-refractivity contribution is 0.379. The summed E-state index contributed by atoms with van der Waals surface area (Å²) in [6, 6.07) is 3.97. The third-order valence-electron chi connectivity index (χ3n) is 4.05. The van der Waals surface area contributed by atoms with Crippen molar-refractivity contribution >= 4 is 15.8 Å². The third-order valence-corrected chi connectivity index (χ3v) is 5.92. The molecule has 2 heterocycles. The summed E-state index contributed by atoms with van der Waals surface area (Å²) in [5.41, 5.74) is 0. The van der Waals surface area contributed by atoms with Crippen molar-refractivity contribution in [3.05, 3.63) is 41.7 Å². The van der Waals surface area contributed by atoms with Gasteiger partial charge in [-0.25, -0.2) is 22.2 Å². The van der Waals surface area contributed by atoms with Crippen LogP contribution in [-0.2, 0) is 10.0 Å². The zero-order valence-electron chi connectivity index (χ0n) is 14.3. The molecule has 7 nitrogen and oxygen atoms in total. The number of halogens is 2. The fourth-order valence-electron chi connectivity index (χ4n) is 2.78. The van der Waals surface area contributed by atoms with Gasteiger partial charge < -0.3 is 9.64 Å². The Kier molecular flexibility index (Phi) is 5.05. The largest absolute Gasteiger partial charge is 0.481 e. The molecule has 0 N–H and O–H groups in total. The average Bonchev–Trinajstić information content (AvgIpc) is 2.60. The highest BCUT2D eigenvalue weighted by molar-refractivity contribution is 7.89. The first-order chi connectivity index (χ1) is 12.3. The van der Waals surface area contributed by atoms with E-state index in [1.54, 1.807) is 13.0 Å². The summed E-state index contributed by atoms with van der Waals surface area (Å²) in [7, 11) is -2.46. The zero-order chi connectivity index (χ0) is 18.9. The van der Waals surface area contributed by atoms with Crippen molar-refractivity contribution in [3.63, 3.8) is 0 Å². The molecule has 0 atom stereocenters. The highest BCUT2D eigenvalue weighted by atomic mass is 32.2. The van der Waals surface area contributed by atoms with E-state index in [1.807, 2.05) is 4.90 Å². The quantitative estimate of drug-likeness (QED) is 0.797. The Morgan fingerprint density at radius 2 is 1.62 bits per heavy atom.